The van der Waals surface area contributed by atoms with Crippen molar-refractivity contribution in [3.63, 3.8) is 0 Å². The molecule has 1 aromatic carbocycles. The first kappa shape index (κ1) is 15.0. The van der Waals surface area contributed by atoms with Gasteiger partial charge in [-0.1, -0.05) is 0 Å². The van der Waals surface area contributed by atoms with Gasteiger partial charge < -0.3 is 10.1 Å². The maximum absolute atomic E-state index is 11.2. The minimum absolute atomic E-state index is 0.229. The Hall–Kier alpha value is -3.04. The average Bonchev–Trinajstić information content (AvgIpc) is 2.37. The van der Waals surface area contributed by atoms with E-state index >= 15 is 0 Å². The second-order valence-electron chi connectivity index (χ2n) is 3.55. The Morgan fingerprint density at radius 1 is 1.15 bits per heavy atom. The Morgan fingerprint density at radius 3 is 1.90 bits per heavy atom. The van der Waals surface area contributed by atoms with Gasteiger partial charge in [-0.25, -0.2) is 4.79 Å². The van der Waals surface area contributed by atoms with Gasteiger partial charge in [-0.15, -0.1) is 0 Å². The van der Waals surface area contributed by atoms with Gasteiger partial charge in [-0.05, 0) is 6.92 Å². The first-order valence-electron chi connectivity index (χ1n) is 5.15. The van der Waals surface area contributed by atoms with Gasteiger partial charge in [0.15, 0.2) is 5.78 Å². The molecular weight excluding hydrogens is 274 g/mol. The van der Waals surface area contributed by atoms with Gasteiger partial charge in [-0.3, -0.25) is 25.0 Å². The van der Waals surface area contributed by atoms with Crippen LogP contribution in [0.5, 0.6) is 5.75 Å². The van der Waals surface area contributed by atoms with Gasteiger partial charge in [0.2, 0.25) is 0 Å². The Balaban J connectivity index is 3.59. The van der Waals surface area contributed by atoms with Crippen LogP contribution in [0.25, 0.3) is 0 Å². The molecule has 10 nitrogen and oxygen atoms in total. The van der Waals surface area contributed by atoms with E-state index in [-0.39, 0.29) is 5.56 Å². The Morgan fingerprint density at radius 2 is 1.60 bits per heavy atom. The number of nitro groups is 2. The van der Waals surface area contributed by atoms with Gasteiger partial charge in [0, 0.05) is 24.7 Å². The van der Waals surface area contributed by atoms with Gasteiger partial charge in [-0.2, -0.15) is 0 Å². The van der Waals surface area contributed by atoms with Crippen molar-refractivity contribution in [3.05, 3.63) is 37.9 Å². The minimum Gasteiger partial charge on any atom is -0.395 e. The number of Topliss-reactive ketones (excluding diaryl/α,β-unsaturated/α-hetero) is 1. The summed E-state index contributed by atoms with van der Waals surface area (Å²) in [5.41, 5.74) is -1.91. The highest BCUT2D eigenvalue weighted by atomic mass is 16.6. The van der Waals surface area contributed by atoms with Crippen LogP contribution in [-0.2, 0) is 0 Å². The lowest BCUT2D eigenvalue weighted by atomic mass is 10.1. The van der Waals surface area contributed by atoms with Crippen LogP contribution in [0.4, 0.5) is 16.2 Å². The molecule has 0 atom stereocenters. The molecule has 1 amide bonds. The minimum atomic E-state index is -1.10. The van der Waals surface area contributed by atoms with Crippen LogP contribution < -0.4 is 10.1 Å². The first-order valence-corrected chi connectivity index (χ1v) is 5.15. The molecule has 0 aliphatic rings. The topological polar surface area (TPSA) is 142 Å². The lowest BCUT2D eigenvalue weighted by Gasteiger charge is -2.06. The summed E-state index contributed by atoms with van der Waals surface area (Å²) < 4.78 is 4.54. The summed E-state index contributed by atoms with van der Waals surface area (Å²) in [6, 6.07) is 1.63. The number of nitrogens with zero attached hydrogens (tertiary/aromatic N) is 2. The molecule has 0 spiro atoms. The number of amides is 1. The molecule has 0 saturated heterocycles. The third-order valence-corrected chi connectivity index (χ3v) is 2.25. The molecule has 0 aliphatic carbocycles. The average molecular weight is 283 g/mol. The molecule has 10 heteroatoms. The number of ether oxygens (including phenoxy) is 1. The van der Waals surface area contributed by atoms with Crippen molar-refractivity contribution < 1.29 is 24.2 Å². The quantitative estimate of drug-likeness (QED) is 0.500. The van der Waals surface area contributed by atoms with Crippen LogP contribution in [0.3, 0.4) is 0 Å². The van der Waals surface area contributed by atoms with E-state index in [9.17, 15) is 29.8 Å². The molecule has 0 aliphatic heterocycles. The third-order valence-electron chi connectivity index (χ3n) is 2.25. The first-order chi connectivity index (χ1) is 9.27. The summed E-state index contributed by atoms with van der Waals surface area (Å²) in [6.07, 6.45) is -1.10. The predicted molar refractivity (Wildman–Crippen MR) is 64.8 cm³/mol. The van der Waals surface area contributed by atoms with Crippen molar-refractivity contribution in [2.75, 3.05) is 7.05 Å². The molecule has 1 aromatic rings. The maximum atomic E-state index is 11.2. The summed E-state index contributed by atoms with van der Waals surface area (Å²) in [5.74, 6) is -1.42. The van der Waals surface area contributed by atoms with E-state index in [1.807, 2.05) is 5.32 Å². The van der Waals surface area contributed by atoms with Gasteiger partial charge >= 0.3 is 17.5 Å². The number of nitrogens with one attached hydrogen (secondary N) is 1. The molecule has 20 heavy (non-hydrogen) atoms. The van der Waals surface area contributed by atoms with E-state index < -0.39 is 38.8 Å². The number of hydrogen-bond donors (Lipinski definition) is 1. The lowest BCUT2D eigenvalue weighted by molar-refractivity contribution is -0.395. The Kier molecular flexibility index (Phi) is 4.31. The fraction of sp³-hybridized carbons (Fsp3) is 0.200. The van der Waals surface area contributed by atoms with Crippen molar-refractivity contribution in [3.8, 4) is 5.75 Å². The van der Waals surface area contributed by atoms with Crippen molar-refractivity contribution in [2.24, 2.45) is 0 Å². The maximum Gasteiger partial charge on any atom is 0.412 e. The van der Waals surface area contributed by atoms with E-state index in [1.165, 1.54) is 7.05 Å². The smallest absolute Gasteiger partial charge is 0.395 e. The molecule has 106 valence electrons. The predicted octanol–water partition coefficient (Wildman–Crippen LogP) is 1.42. The fourth-order valence-corrected chi connectivity index (χ4v) is 1.32. The van der Waals surface area contributed by atoms with Gasteiger partial charge in [0.05, 0.1) is 9.85 Å². The molecule has 0 heterocycles. The molecule has 1 rings (SSSR count). The highest BCUT2D eigenvalue weighted by Gasteiger charge is 2.31. The Bertz CT molecular complexity index is 576. The zero-order valence-corrected chi connectivity index (χ0v) is 10.4. The molecular formula is C10H9N3O7. The fourth-order valence-electron chi connectivity index (χ4n) is 1.32. The van der Waals surface area contributed by atoms with Crippen LogP contribution in [0.15, 0.2) is 12.1 Å². The summed E-state index contributed by atoms with van der Waals surface area (Å²) in [6.45, 7) is 1.10. The number of nitro benzene ring substituents is 2. The van der Waals surface area contributed by atoms with E-state index in [2.05, 4.69) is 4.74 Å². The highest BCUT2D eigenvalue weighted by molar-refractivity contribution is 5.96. The van der Waals surface area contributed by atoms with E-state index in [4.69, 9.17) is 0 Å². The SMILES string of the molecule is CNC(=O)Oc1c([N+](=O)[O-])cc(C(C)=O)cc1[N+](=O)[O-]. The van der Waals surface area contributed by atoms with Crippen molar-refractivity contribution >= 4 is 23.3 Å². The molecule has 0 radical (unpaired) electrons. The number of carbonyl (C=O) groups is 2. The van der Waals surface area contributed by atoms with Crippen LogP contribution in [0.1, 0.15) is 17.3 Å². The Labute approximate surface area is 111 Å². The number of hydrogen-bond acceptors (Lipinski definition) is 7. The van der Waals surface area contributed by atoms with Crippen molar-refractivity contribution in [1.82, 2.24) is 5.32 Å². The van der Waals surface area contributed by atoms with Gasteiger partial charge in [0.1, 0.15) is 0 Å². The number of rotatable bonds is 4. The largest absolute Gasteiger partial charge is 0.412 e. The van der Waals surface area contributed by atoms with Crippen molar-refractivity contribution in [2.45, 2.75) is 6.92 Å². The highest BCUT2D eigenvalue weighted by Crippen LogP contribution is 2.38. The van der Waals surface area contributed by atoms with Crippen LogP contribution in [-0.4, -0.2) is 28.8 Å². The second-order valence-corrected chi connectivity index (χ2v) is 3.55. The number of benzene rings is 1. The van der Waals surface area contributed by atoms with E-state index in [0.29, 0.717) is 0 Å². The van der Waals surface area contributed by atoms with Crippen LogP contribution in [0, 0.1) is 20.2 Å². The summed E-state index contributed by atoms with van der Waals surface area (Å²) in [5, 5.41) is 23.8. The normalized spacial score (nSPS) is 9.70. The van der Waals surface area contributed by atoms with E-state index in [0.717, 1.165) is 19.1 Å². The monoisotopic (exact) mass is 283 g/mol. The molecule has 0 saturated carbocycles. The van der Waals surface area contributed by atoms with Crippen molar-refractivity contribution in [1.29, 1.82) is 0 Å². The molecule has 0 bridgehead atoms. The van der Waals surface area contributed by atoms with Crippen LogP contribution >= 0.6 is 0 Å². The van der Waals surface area contributed by atoms with Crippen LogP contribution in [0.2, 0.25) is 0 Å². The zero-order chi connectivity index (χ0) is 15.4. The van der Waals surface area contributed by atoms with E-state index in [1.54, 1.807) is 0 Å². The summed E-state index contributed by atoms with van der Waals surface area (Å²) in [7, 11) is 1.18. The summed E-state index contributed by atoms with van der Waals surface area (Å²) >= 11 is 0. The molecule has 0 aromatic heterocycles. The number of ketones is 1. The zero-order valence-electron chi connectivity index (χ0n) is 10.4. The number of carbonyl (C=O) groups excluding carboxylic acids is 2. The molecule has 0 fully saturated rings. The lowest BCUT2D eigenvalue weighted by Crippen LogP contribution is -2.23. The second kappa shape index (κ2) is 5.73. The molecule has 1 N–H and O–H groups in total. The third kappa shape index (κ3) is 3.04. The standard InChI is InChI=1S/C10H9N3O7/c1-5(14)6-3-7(12(16)17)9(20-10(15)11-2)8(4-6)13(18)19/h3-4H,1-2H3,(H,11,15). The molecule has 0 unspecified atom stereocenters. The summed E-state index contributed by atoms with van der Waals surface area (Å²) in [4.78, 5) is 42.2. The van der Waals surface area contributed by atoms with Gasteiger partial charge in [0.25, 0.3) is 5.75 Å².